The molecule has 0 aromatic heterocycles. The van der Waals surface area contributed by atoms with E-state index >= 15 is 0 Å². The van der Waals surface area contributed by atoms with E-state index in [0.717, 1.165) is 28.1 Å². The molecule has 2 aromatic rings. The summed E-state index contributed by atoms with van der Waals surface area (Å²) in [6.45, 7) is 1.84. The van der Waals surface area contributed by atoms with Gasteiger partial charge in [0.05, 0.1) is 10.5 Å². The Hall–Kier alpha value is -2.39. The number of amides is 1. The Balaban J connectivity index is 1.71. The van der Waals surface area contributed by atoms with Crippen LogP contribution in [-0.4, -0.2) is 31.7 Å². The summed E-state index contributed by atoms with van der Waals surface area (Å²) in [6.07, 6.45) is -4.29. The molecule has 1 aliphatic rings. The van der Waals surface area contributed by atoms with Gasteiger partial charge in [-0.25, -0.2) is 8.42 Å². The number of nitrogens with zero attached hydrogens (tertiary/aromatic N) is 1. The molecule has 1 heterocycles. The van der Waals surface area contributed by atoms with Gasteiger partial charge in [-0.05, 0) is 43.5 Å². The quantitative estimate of drug-likeness (QED) is 0.802. The average molecular weight is 426 g/mol. The Morgan fingerprint density at radius 3 is 2.24 bits per heavy atom. The van der Waals surface area contributed by atoms with Crippen LogP contribution in [0.15, 0.2) is 53.4 Å². The zero-order chi connectivity index (χ0) is 21.2. The standard InChI is InChI=1S/C20H21F3N2O3S/c1-14-6-2-4-8-17(14)24-19(26)15-10-12-25(13-11-15)29(27,28)18-9-5-3-7-16(18)20(21,22)23/h2-9,15H,10-13H2,1H3,(H,24,26). The van der Waals surface area contributed by atoms with Crippen molar-refractivity contribution in [1.82, 2.24) is 4.31 Å². The first-order chi connectivity index (χ1) is 13.6. The third-order valence-electron chi connectivity index (χ3n) is 5.04. The second-order valence-electron chi connectivity index (χ2n) is 6.98. The number of piperidine rings is 1. The molecular weight excluding hydrogens is 405 g/mol. The number of halogens is 3. The van der Waals surface area contributed by atoms with Crippen molar-refractivity contribution in [1.29, 1.82) is 0 Å². The van der Waals surface area contributed by atoms with Crippen LogP contribution in [0.1, 0.15) is 24.0 Å². The predicted octanol–water partition coefficient (Wildman–Crippen LogP) is 4.05. The molecule has 0 spiro atoms. The highest BCUT2D eigenvalue weighted by Gasteiger charge is 2.40. The van der Waals surface area contributed by atoms with Gasteiger partial charge in [0.15, 0.2) is 0 Å². The highest BCUT2D eigenvalue weighted by molar-refractivity contribution is 7.89. The summed E-state index contributed by atoms with van der Waals surface area (Å²) in [4.78, 5) is 11.7. The van der Waals surface area contributed by atoms with E-state index in [-0.39, 0.29) is 31.8 Å². The lowest BCUT2D eigenvalue weighted by molar-refractivity contribution is -0.139. The van der Waals surface area contributed by atoms with E-state index in [2.05, 4.69) is 5.32 Å². The number of carbonyl (C=O) groups excluding carboxylic acids is 1. The van der Waals surface area contributed by atoms with Gasteiger partial charge in [-0.3, -0.25) is 4.79 Å². The lowest BCUT2D eigenvalue weighted by Gasteiger charge is -2.31. The Kier molecular flexibility index (Phi) is 6.00. The monoisotopic (exact) mass is 426 g/mol. The summed E-state index contributed by atoms with van der Waals surface area (Å²) >= 11 is 0. The lowest BCUT2D eigenvalue weighted by Crippen LogP contribution is -2.41. The molecule has 1 N–H and O–H groups in total. The smallest absolute Gasteiger partial charge is 0.326 e. The molecule has 1 saturated heterocycles. The van der Waals surface area contributed by atoms with E-state index in [1.54, 1.807) is 12.1 Å². The number of hydrogen-bond donors (Lipinski definition) is 1. The van der Waals surface area contributed by atoms with Gasteiger partial charge in [-0.1, -0.05) is 30.3 Å². The summed E-state index contributed by atoms with van der Waals surface area (Å²) < 4.78 is 66.3. The molecule has 0 radical (unpaired) electrons. The minimum absolute atomic E-state index is 0.0135. The summed E-state index contributed by atoms with van der Waals surface area (Å²) in [6, 6.07) is 11.5. The molecule has 0 aliphatic carbocycles. The van der Waals surface area contributed by atoms with Crippen LogP contribution in [0.5, 0.6) is 0 Å². The lowest BCUT2D eigenvalue weighted by atomic mass is 9.97. The molecule has 1 fully saturated rings. The molecule has 5 nitrogen and oxygen atoms in total. The average Bonchev–Trinajstić information content (AvgIpc) is 2.69. The van der Waals surface area contributed by atoms with E-state index in [1.165, 1.54) is 6.07 Å². The van der Waals surface area contributed by atoms with Crippen LogP contribution >= 0.6 is 0 Å². The Morgan fingerprint density at radius 2 is 1.62 bits per heavy atom. The Bertz CT molecular complexity index is 998. The number of anilines is 1. The van der Waals surface area contributed by atoms with Crippen LogP contribution in [0.4, 0.5) is 18.9 Å². The third-order valence-corrected chi connectivity index (χ3v) is 6.99. The number of carbonyl (C=O) groups is 1. The summed E-state index contributed by atoms with van der Waals surface area (Å²) in [7, 11) is -4.31. The normalized spacial score (nSPS) is 16.6. The number of nitrogens with one attached hydrogen (secondary N) is 1. The first-order valence-electron chi connectivity index (χ1n) is 9.13. The number of para-hydroxylation sites is 1. The van der Waals surface area contributed by atoms with Crippen molar-refractivity contribution in [2.24, 2.45) is 5.92 Å². The summed E-state index contributed by atoms with van der Waals surface area (Å²) in [5.41, 5.74) is 0.413. The van der Waals surface area contributed by atoms with Gasteiger partial charge in [-0.15, -0.1) is 0 Å². The minimum atomic E-state index is -4.77. The molecule has 9 heteroatoms. The molecule has 0 atom stereocenters. The molecule has 0 unspecified atom stereocenters. The minimum Gasteiger partial charge on any atom is -0.326 e. The van der Waals surface area contributed by atoms with Gasteiger partial charge < -0.3 is 5.32 Å². The van der Waals surface area contributed by atoms with E-state index in [1.807, 2.05) is 19.1 Å². The summed E-state index contributed by atoms with van der Waals surface area (Å²) in [5.74, 6) is -0.619. The van der Waals surface area contributed by atoms with Crippen LogP contribution in [0, 0.1) is 12.8 Å². The zero-order valence-corrected chi connectivity index (χ0v) is 16.6. The van der Waals surface area contributed by atoms with Crippen molar-refractivity contribution >= 4 is 21.6 Å². The molecule has 0 saturated carbocycles. The van der Waals surface area contributed by atoms with Gasteiger partial charge in [0.2, 0.25) is 15.9 Å². The van der Waals surface area contributed by atoms with Crippen LogP contribution in [0.25, 0.3) is 0 Å². The third kappa shape index (κ3) is 4.62. The number of rotatable bonds is 4. The van der Waals surface area contributed by atoms with Gasteiger partial charge in [-0.2, -0.15) is 17.5 Å². The van der Waals surface area contributed by atoms with Crippen molar-refractivity contribution in [2.75, 3.05) is 18.4 Å². The zero-order valence-electron chi connectivity index (χ0n) is 15.7. The summed E-state index contributed by atoms with van der Waals surface area (Å²) in [5, 5.41) is 2.84. The fourth-order valence-corrected chi connectivity index (χ4v) is 5.05. The van der Waals surface area contributed by atoms with Gasteiger partial charge in [0.25, 0.3) is 0 Å². The number of sulfonamides is 1. The maximum Gasteiger partial charge on any atom is 0.417 e. The highest BCUT2D eigenvalue weighted by Crippen LogP contribution is 2.36. The fourth-order valence-electron chi connectivity index (χ4n) is 3.37. The largest absolute Gasteiger partial charge is 0.417 e. The number of hydrogen-bond acceptors (Lipinski definition) is 3. The SMILES string of the molecule is Cc1ccccc1NC(=O)C1CCN(S(=O)(=O)c2ccccc2C(F)(F)F)CC1. The molecule has 1 amide bonds. The maximum atomic E-state index is 13.2. The molecule has 0 bridgehead atoms. The predicted molar refractivity (Wildman–Crippen MR) is 103 cm³/mol. The van der Waals surface area contributed by atoms with E-state index in [9.17, 15) is 26.4 Å². The first-order valence-corrected chi connectivity index (χ1v) is 10.6. The molecule has 1 aliphatic heterocycles. The van der Waals surface area contributed by atoms with Gasteiger partial charge in [0, 0.05) is 24.7 Å². The van der Waals surface area contributed by atoms with Crippen LogP contribution in [-0.2, 0) is 21.0 Å². The number of benzene rings is 2. The topological polar surface area (TPSA) is 66.5 Å². The van der Waals surface area contributed by atoms with E-state index in [4.69, 9.17) is 0 Å². The van der Waals surface area contributed by atoms with Crippen LogP contribution in [0.3, 0.4) is 0 Å². The van der Waals surface area contributed by atoms with Crippen LogP contribution < -0.4 is 5.32 Å². The molecule has 29 heavy (non-hydrogen) atoms. The van der Waals surface area contributed by atoms with Crippen molar-refractivity contribution in [3.8, 4) is 0 Å². The number of aryl methyl sites for hydroxylation is 1. The molecule has 3 rings (SSSR count). The Morgan fingerprint density at radius 1 is 1.03 bits per heavy atom. The van der Waals surface area contributed by atoms with Crippen molar-refractivity contribution in [3.63, 3.8) is 0 Å². The van der Waals surface area contributed by atoms with Gasteiger partial charge >= 0.3 is 6.18 Å². The van der Waals surface area contributed by atoms with Crippen molar-refractivity contribution in [2.45, 2.75) is 30.8 Å². The molecular formula is C20H21F3N2O3S. The van der Waals surface area contributed by atoms with E-state index < -0.39 is 32.6 Å². The first kappa shape index (κ1) is 21.3. The second kappa shape index (κ2) is 8.16. The second-order valence-corrected chi connectivity index (χ2v) is 8.88. The van der Waals surface area contributed by atoms with Gasteiger partial charge in [0.1, 0.15) is 0 Å². The highest BCUT2D eigenvalue weighted by atomic mass is 32.2. The van der Waals surface area contributed by atoms with E-state index in [0.29, 0.717) is 5.69 Å². The van der Waals surface area contributed by atoms with Crippen molar-refractivity contribution < 1.29 is 26.4 Å². The maximum absolute atomic E-state index is 13.2. The van der Waals surface area contributed by atoms with Crippen molar-refractivity contribution in [3.05, 3.63) is 59.7 Å². The fraction of sp³-hybridized carbons (Fsp3) is 0.350. The Labute approximate surface area is 167 Å². The number of alkyl halides is 3. The molecule has 156 valence electrons. The molecule has 2 aromatic carbocycles. The van der Waals surface area contributed by atoms with Crippen LogP contribution in [0.2, 0.25) is 0 Å².